The van der Waals surface area contributed by atoms with Gasteiger partial charge in [0, 0.05) is 45.9 Å². The minimum atomic E-state index is -0.0385. The highest BCUT2D eigenvalue weighted by Gasteiger charge is 2.37. The highest BCUT2D eigenvalue weighted by atomic mass is 16.5. The van der Waals surface area contributed by atoms with Crippen molar-refractivity contribution in [2.45, 2.75) is 32.0 Å². The Morgan fingerprint density at radius 3 is 2.70 bits per heavy atom. The molecule has 2 atom stereocenters. The van der Waals surface area contributed by atoms with Crippen molar-refractivity contribution in [1.29, 1.82) is 0 Å². The number of ether oxygens (including phenoxy) is 1. The van der Waals surface area contributed by atoms with Crippen molar-refractivity contribution >= 4 is 5.91 Å². The van der Waals surface area contributed by atoms with Gasteiger partial charge in [-0.2, -0.15) is 0 Å². The van der Waals surface area contributed by atoms with Crippen LogP contribution < -0.4 is 0 Å². The van der Waals surface area contributed by atoms with Crippen molar-refractivity contribution in [1.82, 2.24) is 19.9 Å². The number of carbonyl (C=O) groups is 1. The lowest BCUT2D eigenvalue weighted by Gasteiger charge is -2.36. The maximum absolute atomic E-state index is 12.7. The van der Waals surface area contributed by atoms with Gasteiger partial charge in [-0.1, -0.05) is 5.16 Å². The van der Waals surface area contributed by atoms with Crippen LogP contribution in [0.4, 0.5) is 0 Å². The summed E-state index contributed by atoms with van der Waals surface area (Å²) in [5.74, 6) is 1.13. The molecule has 2 aliphatic rings. The maximum atomic E-state index is 12.7. The molecule has 1 aromatic rings. The average Bonchev–Trinajstić information content (AvgIpc) is 3.13. The molecule has 7 nitrogen and oxygen atoms in total. The van der Waals surface area contributed by atoms with E-state index < -0.39 is 0 Å². The summed E-state index contributed by atoms with van der Waals surface area (Å²) in [6.07, 6.45) is 0.966. The molecule has 1 amide bonds. The fourth-order valence-corrected chi connectivity index (χ4v) is 3.46. The van der Waals surface area contributed by atoms with Crippen molar-refractivity contribution in [2.24, 2.45) is 0 Å². The summed E-state index contributed by atoms with van der Waals surface area (Å²) in [4.78, 5) is 19.1. The van der Waals surface area contributed by atoms with Crippen LogP contribution in [0.25, 0.3) is 0 Å². The van der Waals surface area contributed by atoms with Crippen molar-refractivity contribution in [3.05, 3.63) is 17.5 Å². The zero-order chi connectivity index (χ0) is 16.4. The van der Waals surface area contributed by atoms with Gasteiger partial charge in [0.05, 0.1) is 24.4 Å². The molecule has 0 aliphatic carbocycles. The standard InChI is InChI=1S/C16H26N4O3/c1-12-8-14(23-17-12)11-19-4-6-20(7-5-19)16(21)15-9-13(22-3)10-18(15)2/h8,13,15H,4-7,9-11H2,1-3H3/t13-,15-/m0/s1. The van der Waals surface area contributed by atoms with Gasteiger partial charge >= 0.3 is 0 Å². The normalized spacial score (nSPS) is 26.8. The van der Waals surface area contributed by atoms with Gasteiger partial charge in [-0.05, 0) is 20.4 Å². The first-order valence-corrected chi connectivity index (χ1v) is 8.23. The highest BCUT2D eigenvalue weighted by molar-refractivity contribution is 5.82. The minimum absolute atomic E-state index is 0.0385. The quantitative estimate of drug-likeness (QED) is 0.797. The second kappa shape index (κ2) is 6.98. The number of hydrogen-bond donors (Lipinski definition) is 0. The number of hydrogen-bond acceptors (Lipinski definition) is 6. The van der Waals surface area contributed by atoms with Crippen molar-refractivity contribution in [3.63, 3.8) is 0 Å². The van der Waals surface area contributed by atoms with Gasteiger partial charge in [0.2, 0.25) is 5.91 Å². The molecule has 3 heterocycles. The molecule has 2 saturated heterocycles. The lowest BCUT2D eigenvalue weighted by molar-refractivity contribution is -0.137. The van der Waals surface area contributed by atoms with E-state index in [9.17, 15) is 4.79 Å². The number of nitrogens with zero attached hydrogens (tertiary/aromatic N) is 4. The maximum Gasteiger partial charge on any atom is 0.240 e. The molecule has 0 bridgehead atoms. The highest BCUT2D eigenvalue weighted by Crippen LogP contribution is 2.21. The number of piperazine rings is 1. The van der Waals surface area contributed by atoms with Crippen molar-refractivity contribution in [2.75, 3.05) is 46.9 Å². The lowest BCUT2D eigenvalue weighted by atomic mass is 10.1. The van der Waals surface area contributed by atoms with Crippen LogP contribution in [0.3, 0.4) is 0 Å². The average molecular weight is 322 g/mol. The Bertz CT molecular complexity index is 539. The van der Waals surface area contributed by atoms with E-state index in [-0.39, 0.29) is 18.1 Å². The van der Waals surface area contributed by atoms with Gasteiger partial charge < -0.3 is 14.2 Å². The lowest BCUT2D eigenvalue weighted by Crippen LogP contribution is -2.52. The second-order valence-electron chi connectivity index (χ2n) is 6.58. The fourth-order valence-electron chi connectivity index (χ4n) is 3.46. The predicted octanol–water partition coefficient (Wildman–Crippen LogP) is 0.346. The number of methoxy groups -OCH3 is 1. The smallest absolute Gasteiger partial charge is 0.240 e. The molecule has 0 radical (unpaired) electrons. The Labute approximate surface area is 137 Å². The summed E-state index contributed by atoms with van der Waals surface area (Å²) in [5.41, 5.74) is 0.908. The molecule has 2 aliphatic heterocycles. The molecule has 1 aromatic heterocycles. The van der Waals surface area contributed by atoms with E-state index in [2.05, 4.69) is 15.0 Å². The number of rotatable bonds is 4. The summed E-state index contributed by atoms with van der Waals surface area (Å²) in [6, 6.07) is 1.93. The number of likely N-dealkylation sites (tertiary alicyclic amines) is 1. The van der Waals surface area contributed by atoms with Gasteiger partial charge in [-0.15, -0.1) is 0 Å². The van der Waals surface area contributed by atoms with E-state index in [0.717, 1.165) is 57.1 Å². The van der Waals surface area contributed by atoms with Crippen LogP contribution in [-0.4, -0.2) is 84.8 Å². The molecule has 0 spiro atoms. The SMILES string of the molecule is CO[C@H]1C[C@@H](C(=O)N2CCN(Cc3cc(C)no3)CC2)N(C)C1. The van der Waals surface area contributed by atoms with Crippen molar-refractivity contribution in [3.8, 4) is 0 Å². The topological polar surface area (TPSA) is 62.1 Å². The third kappa shape index (κ3) is 3.73. The van der Waals surface area contributed by atoms with Crippen LogP contribution in [0.5, 0.6) is 0 Å². The van der Waals surface area contributed by atoms with Crippen molar-refractivity contribution < 1.29 is 14.1 Å². The molecule has 3 rings (SSSR count). The Balaban J connectivity index is 1.49. The summed E-state index contributed by atoms with van der Waals surface area (Å²) < 4.78 is 10.7. The molecule has 0 unspecified atom stereocenters. The minimum Gasteiger partial charge on any atom is -0.380 e. The largest absolute Gasteiger partial charge is 0.380 e. The van der Waals surface area contributed by atoms with E-state index >= 15 is 0 Å². The molecule has 23 heavy (non-hydrogen) atoms. The molecule has 2 fully saturated rings. The number of aryl methyl sites for hydroxylation is 1. The van der Waals surface area contributed by atoms with Crippen LogP contribution in [0.15, 0.2) is 10.6 Å². The molecular formula is C16H26N4O3. The second-order valence-corrected chi connectivity index (χ2v) is 6.58. The summed E-state index contributed by atoms with van der Waals surface area (Å²) >= 11 is 0. The first-order chi connectivity index (χ1) is 11.1. The summed E-state index contributed by atoms with van der Waals surface area (Å²) in [7, 11) is 3.72. The van der Waals surface area contributed by atoms with Crippen LogP contribution in [0.1, 0.15) is 17.9 Å². The zero-order valence-corrected chi connectivity index (χ0v) is 14.2. The number of aromatic nitrogens is 1. The molecular weight excluding hydrogens is 296 g/mol. The zero-order valence-electron chi connectivity index (χ0n) is 14.2. The van der Waals surface area contributed by atoms with Gasteiger partial charge in [-0.3, -0.25) is 14.6 Å². The Kier molecular flexibility index (Phi) is 4.99. The first-order valence-electron chi connectivity index (χ1n) is 8.23. The third-order valence-corrected chi connectivity index (χ3v) is 4.87. The first kappa shape index (κ1) is 16.4. The Morgan fingerprint density at radius 1 is 1.39 bits per heavy atom. The fraction of sp³-hybridized carbons (Fsp3) is 0.750. The summed E-state index contributed by atoms with van der Waals surface area (Å²) in [5, 5.41) is 3.92. The number of amides is 1. The van der Waals surface area contributed by atoms with Crippen LogP contribution >= 0.6 is 0 Å². The van der Waals surface area contributed by atoms with Crippen LogP contribution in [0, 0.1) is 6.92 Å². The van der Waals surface area contributed by atoms with E-state index in [1.807, 2.05) is 24.9 Å². The molecule has 7 heteroatoms. The third-order valence-electron chi connectivity index (χ3n) is 4.87. The Morgan fingerprint density at radius 2 is 2.13 bits per heavy atom. The van der Waals surface area contributed by atoms with E-state index in [1.165, 1.54) is 0 Å². The predicted molar refractivity (Wildman–Crippen MR) is 84.9 cm³/mol. The van der Waals surface area contributed by atoms with E-state index in [1.54, 1.807) is 7.11 Å². The molecule has 0 saturated carbocycles. The summed E-state index contributed by atoms with van der Waals surface area (Å²) in [6.45, 7) is 6.80. The van der Waals surface area contributed by atoms with Gasteiger partial charge in [0.15, 0.2) is 5.76 Å². The Hall–Kier alpha value is -1.44. The van der Waals surface area contributed by atoms with Gasteiger partial charge in [-0.25, -0.2) is 0 Å². The van der Waals surface area contributed by atoms with Crippen LogP contribution in [-0.2, 0) is 16.1 Å². The van der Waals surface area contributed by atoms with E-state index in [4.69, 9.17) is 9.26 Å². The van der Waals surface area contributed by atoms with E-state index in [0.29, 0.717) is 0 Å². The van der Waals surface area contributed by atoms with Gasteiger partial charge in [0.25, 0.3) is 0 Å². The number of likely N-dealkylation sites (N-methyl/N-ethyl adjacent to an activating group) is 1. The molecule has 0 aromatic carbocycles. The van der Waals surface area contributed by atoms with Crippen LogP contribution in [0.2, 0.25) is 0 Å². The molecule has 128 valence electrons. The monoisotopic (exact) mass is 322 g/mol. The van der Waals surface area contributed by atoms with Gasteiger partial charge in [0.1, 0.15) is 0 Å². The number of carbonyl (C=O) groups excluding carboxylic acids is 1. The molecule has 0 N–H and O–H groups in total.